The summed E-state index contributed by atoms with van der Waals surface area (Å²) in [7, 11) is 0. The molecule has 1 aromatic rings. The average Bonchev–Trinajstić information content (AvgIpc) is 2.72. The van der Waals surface area contributed by atoms with E-state index >= 15 is 0 Å². The summed E-state index contributed by atoms with van der Waals surface area (Å²) in [6.45, 7) is 3.79. The molecule has 2 rings (SSSR count). The molecular weight excluding hydrogens is 228 g/mol. The fourth-order valence-corrected chi connectivity index (χ4v) is 3.58. The highest BCUT2D eigenvalue weighted by Gasteiger charge is 2.38. The van der Waals surface area contributed by atoms with Crippen molar-refractivity contribution in [2.75, 3.05) is 5.75 Å². The molecule has 1 nitrogen and oxygen atoms in total. The van der Waals surface area contributed by atoms with E-state index in [-0.39, 0.29) is 5.41 Å². The van der Waals surface area contributed by atoms with Gasteiger partial charge in [-0.05, 0) is 18.9 Å². The van der Waals surface area contributed by atoms with E-state index in [0.717, 1.165) is 12.2 Å². The summed E-state index contributed by atoms with van der Waals surface area (Å²) >= 11 is 1.89. The topological polar surface area (TPSA) is 17.1 Å². The van der Waals surface area contributed by atoms with E-state index in [1.54, 1.807) is 6.92 Å². The molecule has 1 aromatic carbocycles. The van der Waals surface area contributed by atoms with Gasteiger partial charge in [0, 0.05) is 16.4 Å². The first-order valence-electron chi connectivity index (χ1n) is 5.96. The van der Waals surface area contributed by atoms with Crippen LogP contribution in [0, 0.1) is 5.41 Å². The van der Waals surface area contributed by atoms with Gasteiger partial charge in [-0.3, -0.25) is 4.79 Å². The average molecular weight is 246 g/mol. The van der Waals surface area contributed by atoms with Crippen molar-refractivity contribution in [3.63, 3.8) is 0 Å². The fourth-order valence-electron chi connectivity index (χ4n) is 2.00. The van der Waals surface area contributed by atoms with Crippen molar-refractivity contribution in [3.05, 3.63) is 42.0 Å². The Labute approximate surface area is 107 Å². The quantitative estimate of drug-likeness (QED) is 0.807. The standard InChI is InChI=1S/C15H18OS/c1-12(16)15(2)10-14(17-11-15)9-8-13-6-4-3-5-7-13/h3-9,14H,10-11H2,1-2H3/b9-8+/t14-,15+/m1/s1. The highest BCUT2D eigenvalue weighted by molar-refractivity contribution is 8.00. The molecule has 0 aliphatic carbocycles. The highest BCUT2D eigenvalue weighted by atomic mass is 32.2. The largest absolute Gasteiger partial charge is 0.299 e. The Morgan fingerprint density at radius 3 is 2.71 bits per heavy atom. The lowest BCUT2D eigenvalue weighted by molar-refractivity contribution is -0.124. The van der Waals surface area contributed by atoms with Crippen LogP contribution in [-0.4, -0.2) is 16.8 Å². The van der Waals surface area contributed by atoms with Crippen LogP contribution in [0.5, 0.6) is 0 Å². The predicted octanol–water partition coefficient (Wildman–Crippen LogP) is 3.80. The van der Waals surface area contributed by atoms with Crippen LogP contribution in [0.2, 0.25) is 0 Å². The second-order valence-electron chi connectivity index (χ2n) is 4.94. The van der Waals surface area contributed by atoms with Gasteiger partial charge in [-0.15, -0.1) is 0 Å². The number of carbonyl (C=O) groups is 1. The molecule has 0 unspecified atom stereocenters. The Balaban J connectivity index is 1.99. The van der Waals surface area contributed by atoms with Gasteiger partial charge in [-0.2, -0.15) is 11.8 Å². The molecule has 1 saturated heterocycles. The van der Waals surface area contributed by atoms with Crippen LogP contribution in [0.1, 0.15) is 25.8 Å². The number of hydrogen-bond donors (Lipinski definition) is 0. The zero-order chi connectivity index (χ0) is 12.3. The van der Waals surface area contributed by atoms with E-state index < -0.39 is 0 Å². The van der Waals surface area contributed by atoms with Crippen molar-refractivity contribution in [1.82, 2.24) is 0 Å². The van der Waals surface area contributed by atoms with Gasteiger partial charge in [0.25, 0.3) is 0 Å². The summed E-state index contributed by atoms with van der Waals surface area (Å²) in [6, 6.07) is 10.3. The van der Waals surface area contributed by atoms with Crippen molar-refractivity contribution in [2.45, 2.75) is 25.5 Å². The Morgan fingerprint density at radius 1 is 1.41 bits per heavy atom. The minimum atomic E-state index is -0.115. The SMILES string of the molecule is CC(=O)[C@]1(C)CS[C@H](/C=C/c2ccccc2)C1. The van der Waals surface area contributed by atoms with Gasteiger partial charge >= 0.3 is 0 Å². The normalized spacial score (nSPS) is 28.7. The van der Waals surface area contributed by atoms with Gasteiger partial charge in [0.15, 0.2) is 0 Å². The fraction of sp³-hybridized carbons (Fsp3) is 0.400. The zero-order valence-electron chi connectivity index (χ0n) is 10.3. The number of carbonyl (C=O) groups excluding carboxylic acids is 1. The third kappa shape index (κ3) is 3.01. The number of hydrogen-bond acceptors (Lipinski definition) is 2. The van der Waals surface area contributed by atoms with Crippen LogP contribution < -0.4 is 0 Å². The van der Waals surface area contributed by atoms with Gasteiger partial charge in [-0.1, -0.05) is 49.4 Å². The summed E-state index contributed by atoms with van der Waals surface area (Å²) in [6.07, 6.45) is 5.36. The molecule has 1 fully saturated rings. The van der Waals surface area contributed by atoms with E-state index in [2.05, 4.69) is 31.2 Å². The van der Waals surface area contributed by atoms with Gasteiger partial charge in [0.05, 0.1) is 0 Å². The molecule has 0 N–H and O–H groups in total. The zero-order valence-corrected chi connectivity index (χ0v) is 11.2. The molecule has 17 heavy (non-hydrogen) atoms. The third-order valence-corrected chi connectivity index (χ3v) is 4.98. The van der Waals surface area contributed by atoms with Crippen LogP contribution in [-0.2, 0) is 4.79 Å². The molecule has 0 aromatic heterocycles. The van der Waals surface area contributed by atoms with E-state index in [1.807, 2.05) is 30.0 Å². The maximum Gasteiger partial charge on any atom is 0.136 e. The Kier molecular flexibility index (Phi) is 3.72. The first kappa shape index (κ1) is 12.4. The smallest absolute Gasteiger partial charge is 0.136 e. The Bertz CT molecular complexity index is 424. The molecule has 2 atom stereocenters. The van der Waals surface area contributed by atoms with E-state index in [1.165, 1.54) is 5.56 Å². The van der Waals surface area contributed by atoms with Gasteiger partial charge in [0.1, 0.15) is 5.78 Å². The summed E-state index contributed by atoms with van der Waals surface area (Å²) < 4.78 is 0. The molecule has 1 aliphatic rings. The highest BCUT2D eigenvalue weighted by Crippen LogP contribution is 2.42. The molecule has 0 saturated carbocycles. The molecule has 2 heteroatoms. The Hall–Kier alpha value is -1.02. The van der Waals surface area contributed by atoms with Crippen LogP contribution in [0.25, 0.3) is 6.08 Å². The summed E-state index contributed by atoms with van der Waals surface area (Å²) in [5.74, 6) is 1.27. The third-order valence-electron chi connectivity index (χ3n) is 3.42. The number of benzene rings is 1. The molecular formula is C15H18OS. The van der Waals surface area contributed by atoms with Gasteiger partial charge in [0.2, 0.25) is 0 Å². The van der Waals surface area contributed by atoms with Crippen molar-refractivity contribution in [3.8, 4) is 0 Å². The number of Topliss-reactive ketones (excluding diaryl/α,β-unsaturated/α-hetero) is 1. The van der Waals surface area contributed by atoms with Crippen molar-refractivity contribution < 1.29 is 4.79 Å². The summed E-state index contributed by atoms with van der Waals surface area (Å²) in [4.78, 5) is 11.6. The molecule has 0 amide bonds. The first-order valence-corrected chi connectivity index (χ1v) is 7.01. The van der Waals surface area contributed by atoms with Crippen molar-refractivity contribution in [1.29, 1.82) is 0 Å². The summed E-state index contributed by atoms with van der Waals surface area (Å²) in [5, 5.41) is 0.476. The minimum Gasteiger partial charge on any atom is -0.299 e. The molecule has 90 valence electrons. The van der Waals surface area contributed by atoms with E-state index in [4.69, 9.17) is 0 Å². The number of ketones is 1. The van der Waals surface area contributed by atoms with Crippen LogP contribution in [0.4, 0.5) is 0 Å². The molecule has 1 aliphatic heterocycles. The van der Waals surface area contributed by atoms with Gasteiger partial charge in [-0.25, -0.2) is 0 Å². The lowest BCUT2D eigenvalue weighted by Crippen LogP contribution is -2.25. The first-order chi connectivity index (χ1) is 8.10. The second-order valence-corrected chi connectivity index (χ2v) is 6.17. The lowest BCUT2D eigenvalue weighted by atomic mass is 9.84. The summed E-state index contributed by atoms with van der Waals surface area (Å²) in [5.41, 5.74) is 1.11. The lowest BCUT2D eigenvalue weighted by Gasteiger charge is -2.18. The van der Waals surface area contributed by atoms with E-state index in [9.17, 15) is 4.79 Å². The molecule has 0 bridgehead atoms. The molecule has 0 spiro atoms. The van der Waals surface area contributed by atoms with Crippen LogP contribution in [0.3, 0.4) is 0 Å². The van der Waals surface area contributed by atoms with Crippen molar-refractivity contribution in [2.24, 2.45) is 5.41 Å². The maximum absolute atomic E-state index is 11.6. The number of thioether (sulfide) groups is 1. The van der Waals surface area contributed by atoms with Crippen LogP contribution in [0.15, 0.2) is 36.4 Å². The number of rotatable bonds is 3. The second kappa shape index (κ2) is 5.09. The predicted molar refractivity (Wildman–Crippen MR) is 75.1 cm³/mol. The molecule has 1 heterocycles. The van der Waals surface area contributed by atoms with Crippen molar-refractivity contribution >= 4 is 23.6 Å². The van der Waals surface area contributed by atoms with Crippen LogP contribution >= 0.6 is 11.8 Å². The van der Waals surface area contributed by atoms with Gasteiger partial charge < -0.3 is 0 Å². The monoisotopic (exact) mass is 246 g/mol. The maximum atomic E-state index is 11.6. The Morgan fingerprint density at radius 2 is 2.12 bits per heavy atom. The molecule has 0 radical (unpaired) electrons. The van der Waals surface area contributed by atoms with E-state index in [0.29, 0.717) is 11.0 Å². The minimum absolute atomic E-state index is 0.115.